The number of hydrogen-bond acceptors (Lipinski definition) is 0. The molecular weight excluding hydrogens is 260 g/mol. The van der Waals surface area contributed by atoms with Crippen LogP contribution in [0.3, 0.4) is 0 Å². The summed E-state index contributed by atoms with van der Waals surface area (Å²) in [4.78, 5) is 0. The predicted octanol–water partition coefficient (Wildman–Crippen LogP) is 5.06. The number of rotatable bonds is 0. The molecule has 78 valence electrons. The molecular formula is C15H11Br. The van der Waals surface area contributed by atoms with E-state index in [1.807, 2.05) is 0 Å². The van der Waals surface area contributed by atoms with Crippen molar-refractivity contribution in [1.82, 2.24) is 0 Å². The Morgan fingerprint density at radius 1 is 0.812 bits per heavy atom. The van der Waals surface area contributed by atoms with Crippen LogP contribution in [0.25, 0.3) is 21.5 Å². The van der Waals surface area contributed by atoms with E-state index in [-0.39, 0.29) is 0 Å². The highest BCUT2D eigenvalue weighted by Crippen LogP contribution is 2.30. The third-order valence-corrected chi connectivity index (χ3v) is 4.07. The second-order valence-corrected chi connectivity index (χ2v) is 4.91. The van der Waals surface area contributed by atoms with Crippen molar-refractivity contribution < 1.29 is 0 Å². The molecule has 0 aliphatic rings. The highest BCUT2D eigenvalue weighted by atomic mass is 79.9. The van der Waals surface area contributed by atoms with Crippen molar-refractivity contribution in [2.75, 3.05) is 0 Å². The van der Waals surface area contributed by atoms with Crippen molar-refractivity contribution in [3.05, 3.63) is 58.6 Å². The van der Waals surface area contributed by atoms with Crippen molar-refractivity contribution in [2.24, 2.45) is 0 Å². The zero-order chi connectivity index (χ0) is 11.1. The molecule has 0 N–H and O–H groups in total. The fraction of sp³-hybridized carbons (Fsp3) is 0.0667. The van der Waals surface area contributed by atoms with Crippen LogP contribution in [0.2, 0.25) is 0 Å². The first-order valence-electron chi connectivity index (χ1n) is 5.33. The van der Waals surface area contributed by atoms with Crippen molar-refractivity contribution in [3.63, 3.8) is 0 Å². The van der Waals surface area contributed by atoms with Gasteiger partial charge in [-0.2, -0.15) is 0 Å². The average Bonchev–Trinajstić information content (AvgIpc) is 2.32. The normalized spacial score (nSPS) is 11.1. The molecule has 0 saturated heterocycles. The van der Waals surface area contributed by atoms with E-state index in [1.54, 1.807) is 0 Å². The third kappa shape index (κ3) is 1.43. The number of halogens is 1. The lowest BCUT2D eigenvalue weighted by molar-refractivity contribution is 1.47. The second kappa shape index (κ2) is 3.60. The van der Waals surface area contributed by atoms with Crippen molar-refractivity contribution >= 4 is 37.5 Å². The van der Waals surface area contributed by atoms with Crippen LogP contribution in [0.5, 0.6) is 0 Å². The molecule has 0 spiro atoms. The van der Waals surface area contributed by atoms with Gasteiger partial charge in [0.1, 0.15) is 0 Å². The quantitative estimate of drug-likeness (QED) is 0.501. The van der Waals surface area contributed by atoms with Crippen LogP contribution in [-0.2, 0) is 0 Å². The summed E-state index contributed by atoms with van der Waals surface area (Å²) in [5.41, 5.74) is 1.28. The van der Waals surface area contributed by atoms with Crippen molar-refractivity contribution in [1.29, 1.82) is 0 Å². The Kier molecular flexibility index (Phi) is 2.22. The van der Waals surface area contributed by atoms with Gasteiger partial charge in [0.15, 0.2) is 0 Å². The summed E-state index contributed by atoms with van der Waals surface area (Å²) >= 11 is 3.67. The van der Waals surface area contributed by atoms with E-state index in [0.29, 0.717) is 0 Å². The van der Waals surface area contributed by atoms with Gasteiger partial charge in [0.25, 0.3) is 0 Å². The Morgan fingerprint density at radius 3 is 2.25 bits per heavy atom. The lowest BCUT2D eigenvalue weighted by Crippen LogP contribution is -1.81. The molecule has 16 heavy (non-hydrogen) atoms. The monoisotopic (exact) mass is 270 g/mol. The molecule has 0 bridgehead atoms. The minimum atomic E-state index is 1.20. The van der Waals surface area contributed by atoms with E-state index in [2.05, 4.69) is 71.4 Å². The van der Waals surface area contributed by atoms with Gasteiger partial charge in [-0.25, -0.2) is 0 Å². The maximum absolute atomic E-state index is 3.67. The minimum absolute atomic E-state index is 1.20. The minimum Gasteiger partial charge on any atom is -0.0616 e. The number of hydrogen-bond donors (Lipinski definition) is 0. The summed E-state index contributed by atoms with van der Waals surface area (Å²) in [6, 6.07) is 17.3. The molecule has 0 aliphatic carbocycles. The molecule has 3 aromatic rings. The fourth-order valence-corrected chi connectivity index (χ4v) is 2.56. The number of benzene rings is 3. The standard InChI is InChI=1S/C15H11Br/c1-10-6-7-13-8-11-4-2-3-5-12(11)9-14(13)15(10)16/h2-9H,1H3. The molecule has 0 amide bonds. The maximum Gasteiger partial charge on any atom is 0.0283 e. The SMILES string of the molecule is Cc1ccc2cc3ccccc3cc2c1Br. The lowest BCUT2D eigenvalue weighted by atomic mass is 10.0. The van der Waals surface area contributed by atoms with Crippen LogP contribution in [-0.4, -0.2) is 0 Å². The summed E-state index contributed by atoms with van der Waals surface area (Å²) < 4.78 is 1.20. The summed E-state index contributed by atoms with van der Waals surface area (Å²) in [6.07, 6.45) is 0. The summed E-state index contributed by atoms with van der Waals surface area (Å²) in [6.45, 7) is 2.12. The zero-order valence-corrected chi connectivity index (χ0v) is 10.6. The van der Waals surface area contributed by atoms with Gasteiger partial charge in [0.05, 0.1) is 0 Å². The molecule has 3 rings (SSSR count). The van der Waals surface area contributed by atoms with E-state index in [4.69, 9.17) is 0 Å². The molecule has 3 aromatic carbocycles. The third-order valence-electron chi connectivity index (χ3n) is 3.01. The Morgan fingerprint density at radius 2 is 1.50 bits per heavy atom. The summed E-state index contributed by atoms with van der Waals surface area (Å²) in [7, 11) is 0. The van der Waals surface area contributed by atoms with Crippen molar-refractivity contribution in [2.45, 2.75) is 6.92 Å². The van der Waals surface area contributed by atoms with E-state index in [9.17, 15) is 0 Å². The van der Waals surface area contributed by atoms with Crippen LogP contribution in [0.1, 0.15) is 5.56 Å². The largest absolute Gasteiger partial charge is 0.0616 e. The Labute approximate surface area is 103 Å². The first-order chi connectivity index (χ1) is 7.75. The molecule has 0 atom stereocenters. The van der Waals surface area contributed by atoms with Gasteiger partial charge in [-0.15, -0.1) is 0 Å². The van der Waals surface area contributed by atoms with Crippen LogP contribution >= 0.6 is 15.9 Å². The molecule has 0 heterocycles. The molecule has 0 aliphatic heterocycles. The molecule has 0 radical (unpaired) electrons. The average molecular weight is 271 g/mol. The van der Waals surface area contributed by atoms with Gasteiger partial charge in [-0.1, -0.05) is 36.4 Å². The highest BCUT2D eigenvalue weighted by molar-refractivity contribution is 9.10. The molecule has 1 heteroatoms. The Hall–Kier alpha value is -1.34. The van der Waals surface area contributed by atoms with Crippen LogP contribution < -0.4 is 0 Å². The van der Waals surface area contributed by atoms with E-state index < -0.39 is 0 Å². The zero-order valence-electron chi connectivity index (χ0n) is 9.00. The predicted molar refractivity (Wildman–Crippen MR) is 73.9 cm³/mol. The van der Waals surface area contributed by atoms with Gasteiger partial charge >= 0.3 is 0 Å². The second-order valence-electron chi connectivity index (χ2n) is 4.12. The number of fused-ring (bicyclic) bond motifs is 2. The molecule has 0 aromatic heterocycles. The lowest BCUT2D eigenvalue weighted by Gasteiger charge is -2.06. The Bertz CT molecular complexity index is 683. The topological polar surface area (TPSA) is 0 Å². The molecule has 0 nitrogen and oxygen atoms in total. The first-order valence-corrected chi connectivity index (χ1v) is 6.12. The van der Waals surface area contributed by atoms with E-state index in [1.165, 1.54) is 31.6 Å². The number of aryl methyl sites for hydroxylation is 1. The maximum atomic E-state index is 3.67. The van der Waals surface area contributed by atoms with Crippen LogP contribution in [0.4, 0.5) is 0 Å². The summed E-state index contributed by atoms with van der Waals surface area (Å²) in [5, 5.41) is 5.17. The van der Waals surface area contributed by atoms with Gasteiger partial charge < -0.3 is 0 Å². The van der Waals surface area contributed by atoms with Gasteiger partial charge in [-0.3, -0.25) is 0 Å². The molecule has 0 unspecified atom stereocenters. The van der Waals surface area contributed by atoms with Gasteiger partial charge in [0, 0.05) is 4.47 Å². The van der Waals surface area contributed by atoms with Crippen LogP contribution in [0.15, 0.2) is 53.0 Å². The molecule has 0 fully saturated rings. The molecule has 0 saturated carbocycles. The smallest absolute Gasteiger partial charge is 0.0283 e. The van der Waals surface area contributed by atoms with Crippen molar-refractivity contribution in [3.8, 4) is 0 Å². The van der Waals surface area contributed by atoms with E-state index >= 15 is 0 Å². The van der Waals surface area contributed by atoms with Gasteiger partial charge in [0.2, 0.25) is 0 Å². The van der Waals surface area contributed by atoms with Crippen LogP contribution in [0, 0.1) is 6.92 Å². The Balaban J connectivity index is 2.51. The fourth-order valence-electron chi connectivity index (χ4n) is 2.09. The van der Waals surface area contributed by atoms with Gasteiger partial charge in [-0.05, 0) is 62.1 Å². The highest BCUT2D eigenvalue weighted by Gasteiger charge is 2.03. The van der Waals surface area contributed by atoms with E-state index in [0.717, 1.165) is 0 Å². The first kappa shape index (κ1) is 9.86. The summed E-state index contributed by atoms with van der Waals surface area (Å²) in [5.74, 6) is 0.